The van der Waals surface area contributed by atoms with Gasteiger partial charge in [0.1, 0.15) is 5.75 Å². The zero-order chi connectivity index (χ0) is 21.6. The lowest BCUT2D eigenvalue weighted by Gasteiger charge is -2.10. The third-order valence-corrected chi connectivity index (χ3v) is 4.82. The minimum absolute atomic E-state index is 0.0604. The number of carbonyl (C=O) groups is 3. The van der Waals surface area contributed by atoms with Crippen molar-refractivity contribution in [3.05, 3.63) is 51.8 Å². The third kappa shape index (κ3) is 5.84. The van der Waals surface area contributed by atoms with Gasteiger partial charge in [-0.25, -0.2) is 0 Å². The summed E-state index contributed by atoms with van der Waals surface area (Å²) in [7, 11) is 2.83. The molecular weight excluding hydrogens is 398 g/mol. The smallest absolute Gasteiger partial charge is 0.310 e. The standard InChI is InChI=1S/C21H24ClNO6/c1-13-9-17(14(2)23(13)8-7-20(25)28-4)18(24)12-29-21(26)11-15-10-16(22)5-6-19(15)27-3/h5-6,9-10H,7-8,11-12H2,1-4H3. The molecule has 2 aromatic rings. The van der Waals surface area contributed by atoms with E-state index >= 15 is 0 Å². The Morgan fingerprint density at radius 1 is 1.07 bits per heavy atom. The number of Topliss-reactive ketones (excluding diaryl/α,β-unsaturated/α-hetero) is 1. The van der Waals surface area contributed by atoms with Crippen LogP contribution in [0.3, 0.4) is 0 Å². The molecule has 8 heteroatoms. The average Bonchev–Trinajstić information content (AvgIpc) is 2.98. The van der Waals surface area contributed by atoms with Crippen molar-refractivity contribution in [2.75, 3.05) is 20.8 Å². The van der Waals surface area contributed by atoms with Crippen LogP contribution in [0, 0.1) is 13.8 Å². The second kappa shape index (κ2) is 10.1. The molecule has 0 aliphatic carbocycles. The van der Waals surface area contributed by atoms with Crippen LogP contribution in [0.2, 0.25) is 5.02 Å². The van der Waals surface area contributed by atoms with Crippen molar-refractivity contribution in [3.63, 3.8) is 0 Å². The topological polar surface area (TPSA) is 83.8 Å². The predicted octanol–water partition coefficient (Wildman–Crippen LogP) is 3.30. The Labute approximate surface area is 174 Å². The van der Waals surface area contributed by atoms with Gasteiger partial charge in [-0.15, -0.1) is 0 Å². The molecule has 1 aromatic carbocycles. The molecule has 7 nitrogen and oxygen atoms in total. The molecule has 156 valence electrons. The second-order valence-electron chi connectivity index (χ2n) is 6.48. The molecule has 0 aliphatic heterocycles. The molecule has 0 radical (unpaired) electrons. The number of nitrogens with zero attached hydrogens (tertiary/aromatic N) is 1. The highest BCUT2D eigenvalue weighted by Gasteiger charge is 2.18. The van der Waals surface area contributed by atoms with E-state index in [1.165, 1.54) is 14.2 Å². The number of hydrogen-bond acceptors (Lipinski definition) is 6. The van der Waals surface area contributed by atoms with Crippen molar-refractivity contribution in [2.45, 2.75) is 33.2 Å². The number of hydrogen-bond donors (Lipinski definition) is 0. The fourth-order valence-electron chi connectivity index (χ4n) is 3.05. The van der Waals surface area contributed by atoms with Crippen molar-refractivity contribution in [3.8, 4) is 5.75 Å². The molecule has 29 heavy (non-hydrogen) atoms. The van der Waals surface area contributed by atoms with Crippen molar-refractivity contribution in [1.29, 1.82) is 0 Å². The first kappa shape index (κ1) is 22.5. The lowest BCUT2D eigenvalue weighted by molar-refractivity contribution is -0.142. The maximum Gasteiger partial charge on any atom is 0.310 e. The normalized spacial score (nSPS) is 10.5. The summed E-state index contributed by atoms with van der Waals surface area (Å²) in [5, 5.41) is 0.476. The third-order valence-electron chi connectivity index (χ3n) is 4.58. The number of benzene rings is 1. The summed E-state index contributed by atoms with van der Waals surface area (Å²) in [6.07, 6.45) is 0.145. The van der Waals surface area contributed by atoms with Gasteiger partial charge in [0, 0.05) is 34.1 Å². The van der Waals surface area contributed by atoms with Crippen LogP contribution in [0.25, 0.3) is 0 Å². The summed E-state index contributed by atoms with van der Waals surface area (Å²) in [6, 6.07) is 6.68. The molecule has 0 saturated carbocycles. The van der Waals surface area contributed by atoms with Crippen LogP contribution in [0.1, 0.15) is 33.7 Å². The average molecular weight is 422 g/mol. The summed E-state index contributed by atoms with van der Waals surface area (Å²) in [5.41, 5.74) is 2.59. The Balaban J connectivity index is 1.99. The summed E-state index contributed by atoms with van der Waals surface area (Å²) in [4.78, 5) is 36.1. The van der Waals surface area contributed by atoms with E-state index in [0.29, 0.717) is 34.1 Å². The second-order valence-corrected chi connectivity index (χ2v) is 6.92. The number of halogens is 1. The lowest BCUT2D eigenvalue weighted by atomic mass is 10.1. The molecule has 0 unspecified atom stereocenters. The van der Waals surface area contributed by atoms with Gasteiger partial charge in [0.2, 0.25) is 5.78 Å². The Kier molecular flexibility index (Phi) is 7.84. The number of aryl methyl sites for hydroxylation is 1. The highest BCUT2D eigenvalue weighted by Crippen LogP contribution is 2.23. The first-order chi connectivity index (χ1) is 13.8. The molecule has 1 aromatic heterocycles. The molecule has 0 fully saturated rings. The van der Waals surface area contributed by atoms with Gasteiger partial charge in [-0.3, -0.25) is 14.4 Å². The van der Waals surface area contributed by atoms with Gasteiger partial charge < -0.3 is 18.8 Å². The van der Waals surface area contributed by atoms with E-state index in [1.54, 1.807) is 31.2 Å². The van der Waals surface area contributed by atoms with E-state index in [4.69, 9.17) is 21.1 Å². The highest BCUT2D eigenvalue weighted by atomic mass is 35.5. The van der Waals surface area contributed by atoms with E-state index in [9.17, 15) is 14.4 Å². The van der Waals surface area contributed by atoms with E-state index in [0.717, 1.165) is 5.69 Å². The lowest BCUT2D eigenvalue weighted by Crippen LogP contribution is -2.17. The van der Waals surface area contributed by atoms with Crippen molar-refractivity contribution in [1.82, 2.24) is 4.57 Å². The van der Waals surface area contributed by atoms with Crippen molar-refractivity contribution < 1.29 is 28.6 Å². The van der Waals surface area contributed by atoms with Crippen LogP contribution in [-0.4, -0.2) is 43.1 Å². The molecule has 0 spiro atoms. The highest BCUT2D eigenvalue weighted by molar-refractivity contribution is 6.30. The molecule has 0 aliphatic rings. The maximum atomic E-state index is 12.5. The van der Waals surface area contributed by atoms with Crippen molar-refractivity contribution in [2.24, 2.45) is 0 Å². The number of ether oxygens (including phenoxy) is 3. The number of aromatic nitrogens is 1. The number of carbonyl (C=O) groups excluding carboxylic acids is 3. The summed E-state index contributed by atoms with van der Waals surface area (Å²) in [5.74, 6) is -0.671. The Morgan fingerprint density at radius 3 is 2.45 bits per heavy atom. The van der Waals surface area contributed by atoms with Gasteiger partial charge in [-0.05, 0) is 38.1 Å². The predicted molar refractivity (Wildman–Crippen MR) is 108 cm³/mol. The van der Waals surface area contributed by atoms with Gasteiger partial charge in [0.25, 0.3) is 0 Å². The fraction of sp³-hybridized carbons (Fsp3) is 0.381. The van der Waals surface area contributed by atoms with Crippen LogP contribution in [-0.2, 0) is 32.0 Å². The largest absolute Gasteiger partial charge is 0.496 e. The number of rotatable bonds is 9. The van der Waals surface area contributed by atoms with Crippen LogP contribution < -0.4 is 4.74 Å². The molecule has 0 amide bonds. The van der Waals surface area contributed by atoms with E-state index < -0.39 is 5.97 Å². The first-order valence-electron chi connectivity index (χ1n) is 9.01. The Bertz CT molecular complexity index is 918. The van der Waals surface area contributed by atoms with Gasteiger partial charge in [-0.2, -0.15) is 0 Å². The van der Waals surface area contributed by atoms with Crippen LogP contribution in [0.5, 0.6) is 5.75 Å². The molecule has 1 heterocycles. The molecule has 0 saturated heterocycles. The molecule has 0 bridgehead atoms. The quantitative estimate of drug-likeness (QED) is 0.456. The monoisotopic (exact) mass is 421 g/mol. The van der Waals surface area contributed by atoms with Crippen molar-refractivity contribution >= 4 is 29.3 Å². The number of methoxy groups -OCH3 is 2. The number of ketones is 1. The van der Waals surface area contributed by atoms with Gasteiger partial charge in [0.15, 0.2) is 6.61 Å². The minimum Gasteiger partial charge on any atom is -0.496 e. The zero-order valence-electron chi connectivity index (χ0n) is 16.9. The molecule has 2 rings (SSSR count). The van der Waals surface area contributed by atoms with Crippen LogP contribution in [0.4, 0.5) is 0 Å². The minimum atomic E-state index is -0.557. The summed E-state index contributed by atoms with van der Waals surface area (Å²) in [6.45, 7) is 3.67. The Hall–Kier alpha value is -2.80. The van der Waals surface area contributed by atoms with E-state index in [1.807, 2.05) is 11.5 Å². The maximum absolute atomic E-state index is 12.5. The number of esters is 2. The summed E-state index contributed by atoms with van der Waals surface area (Å²) >= 11 is 5.96. The summed E-state index contributed by atoms with van der Waals surface area (Å²) < 4.78 is 16.9. The molecule has 0 atom stereocenters. The van der Waals surface area contributed by atoms with Crippen LogP contribution >= 0.6 is 11.6 Å². The van der Waals surface area contributed by atoms with Gasteiger partial charge >= 0.3 is 11.9 Å². The molecular formula is C21H24ClNO6. The Morgan fingerprint density at radius 2 is 1.79 bits per heavy atom. The fourth-order valence-corrected chi connectivity index (χ4v) is 3.24. The van der Waals surface area contributed by atoms with Gasteiger partial charge in [-0.1, -0.05) is 11.6 Å². The van der Waals surface area contributed by atoms with E-state index in [-0.39, 0.29) is 31.2 Å². The zero-order valence-corrected chi connectivity index (χ0v) is 17.7. The van der Waals surface area contributed by atoms with Gasteiger partial charge in [0.05, 0.1) is 27.1 Å². The molecule has 0 N–H and O–H groups in total. The van der Waals surface area contributed by atoms with E-state index in [2.05, 4.69) is 4.74 Å². The first-order valence-corrected chi connectivity index (χ1v) is 9.39. The SMILES string of the molecule is COC(=O)CCn1c(C)cc(C(=O)COC(=O)Cc2cc(Cl)ccc2OC)c1C. The van der Waals surface area contributed by atoms with Crippen LogP contribution in [0.15, 0.2) is 24.3 Å².